The van der Waals surface area contributed by atoms with Crippen LogP contribution in [-0.4, -0.2) is 28.8 Å². The maximum atomic E-state index is 13.9. The van der Waals surface area contributed by atoms with E-state index < -0.39 is 40.8 Å². The van der Waals surface area contributed by atoms with Gasteiger partial charge in [0.1, 0.15) is 11.7 Å². The Bertz CT molecular complexity index is 1670. The van der Waals surface area contributed by atoms with Gasteiger partial charge in [-0.2, -0.15) is 0 Å². The van der Waals surface area contributed by atoms with E-state index in [9.17, 15) is 24.5 Å². The molecular formula is C31H23N3O7. The van der Waals surface area contributed by atoms with Crippen molar-refractivity contribution in [1.29, 1.82) is 0 Å². The van der Waals surface area contributed by atoms with Crippen LogP contribution in [0.25, 0.3) is 0 Å². The number of amides is 2. The molecule has 0 aliphatic carbocycles. The number of esters is 1. The third-order valence-corrected chi connectivity index (χ3v) is 7.21. The van der Waals surface area contributed by atoms with Crippen LogP contribution in [0.4, 0.5) is 17.1 Å². The highest BCUT2D eigenvalue weighted by Gasteiger charge is 2.60. The SMILES string of the molecule is Cc1ccccc1N1C(=O)[C@@H]2[C@H](ON(c3cccc([N+](=O)[O-])c3)[C@H]2c2ccc(OC(=O)c3ccccc3)cc2)C1=O. The van der Waals surface area contributed by atoms with Crippen molar-refractivity contribution >= 4 is 34.8 Å². The number of nitro groups is 1. The lowest BCUT2D eigenvalue weighted by molar-refractivity contribution is -0.384. The summed E-state index contributed by atoms with van der Waals surface area (Å²) in [6, 6.07) is 27.2. The van der Waals surface area contributed by atoms with Crippen molar-refractivity contribution in [3.8, 4) is 5.75 Å². The summed E-state index contributed by atoms with van der Waals surface area (Å²) < 4.78 is 5.50. The minimum Gasteiger partial charge on any atom is -0.423 e. The minimum atomic E-state index is -1.14. The average molecular weight is 550 g/mol. The molecule has 4 aromatic rings. The standard InChI is InChI=1S/C31H23N3O7/c1-19-8-5-6-13-25(19)32-29(35)26-27(20-14-16-24(17-15-20)40-31(37)21-9-3-2-4-10-21)33(41-28(26)30(32)36)22-11-7-12-23(18-22)34(38)39/h2-18,26-28H,1H3/t26-,27-,28-/m0/s1. The third kappa shape index (κ3) is 4.60. The zero-order chi connectivity index (χ0) is 28.7. The molecule has 2 aliphatic heterocycles. The highest BCUT2D eigenvalue weighted by Crippen LogP contribution is 2.48. The van der Waals surface area contributed by atoms with Crippen molar-refractivity contribution in [3.05, 3.63) is 130 Å². The van der Waals surface area contributed by atoms with Gasteiger partial charge in [0.25, 0.3) is 11.6 Å². The number of non-ortho nitro benzene ring substituents is 1. The molecule has 6 rings (SSSR count). The smallest absolute Gasteiger partial charge is 0.343 e. The van der Waals surface area contributed by atoms with Crippen LogP contribution in [0.5, 0.6) is 5.75 Å². The van der Waals surface area contributed by atoms with E-state index in [0.29, 0.717) is 22.5 Å². The molecule has 41 heavy (non-hydrogen) atoms. The lowest BCUT2D eigenvalue weighted by atomic mass is 9.90. The number of hydrogen-bond donors (Lipinski definition) is 0. The Balaban J connectivity index is 1.37. The predicted molar refractivity (Wildman–Crippen MR) is 148 cm³/mol. The fraction of sp³-hybridized carbons (Fsp3) is 0.129. The monoisotopic (exact) mass is 549 g/mol. The third-order valence-electron chi connectivity index (χ3n) is 7.21. The van der Waals surface area contributed by atoms with E-state index in [1.165, 1.54) is 23.3 Å². The summed E-state index contributed by atoms with van der Waals surface area (Å²) in [6.45, 7) is 1.81. The van der Waals surface area contributed by atoms with Crippen molar-refractivity contribution in [3.63, 3.8) is 0 Å². The van der Waals surface area contributed by atoms with Gasteiger partial charge in [-0.3, -0.25) is 24.5 Å². The highest BCUT2D eigenvalue weighted by molar-refractivity contribution is 6.24. The molecule has 0 radical (unpaired) electrons. The molecule has 0 saturated carbocycles. The van der Waals surface area contributed by atoms with Crippen molar-refractivity contribution in [2.24, 2.45) is 5.92 Å². The van der Waals surface area contributed by atoms with Crippen LogP contribution >= 0.6 is 0 Å². The summed E-state index contributed by atoms with van der Waals surface area (Å²) in [5, 5.41) is 12.9. The number of ether oxygens (including phenoxy) is 1. The van der Waals surface area contributed by atoms with E-state index in [-0.39, 0.29) is 11.4 Å². The molecule has 0 N–H and O–H groups in total. The second-order valence-corrected chi connectivity index (χ2v) is 9.72. The van der Waals surface area contributed by atoms with E-state index in [0.717, 1.165) is 10.5 Å². The molecule has 0 bridgehead atoms. The highest BCUT2D eigenvalue weighted by atomic mass is 16.7. The van der Waals surface area contributed by atoms with Crippen LogP contribution < -0.4 is 14.7 Å². The fourth-order valence-corrected chi connectivity index (χ4v) is 5.25. The number of carbonyl (C=O) groups is 3. The largest absolute Gasteiger partial charge is 0.423 e. The summed E-state index contributed by atoms with van der Waals surface area (Å²) in [5.41, 5.74) is 2.38. The van der Waals surface area contributed by atoms with Gasteiger partial charge < -0.3 is 4.74 Å². The molecule has 0 spiro atoms. The molecule has 3 atom stereocenters. The molecule has 0 unspecified atom stereocenters. The molecule has 0 aromatic heterocycles. The summed E-state index contributed by atoms with van der Waals surface area (Å²) in [4.78, 5) is 58.2. The van der Waals surface area contributed by atoms with Gasteiger partial charge in [-0.15, -0.1) is 0 Å². The predicted octanol–water partition coefficient (Wildman–Crippen LogP) is 5.17. The van der Waals surface area contributed by atoms with E-state index in [2.05, 4.69) is 0 Å². The summed E-state index contributed by atoms with van der Waals surface area (Å²) in [6.07, 6.45) is -1.14. The lowest BCUT2D eigenvalue weighted by Crippen LogP contribution is -2.37. The van der Waals surface area contributed by atoms with Gasteiger partial charge in [0.05, 0.1) is 27.9 Å². The molecule has 2 amide bonds. The Morgan fingerprint density at radius 1 is 0.878 bits per heavy atom. The van der Waals surface area contributed by atoms with Gasteiger partial charge in [-0.05, 0) is 54.4 Å². The Morgan fingerprint density at radius 3 is 2.29 bits per heavy atom. The zero-order valence-electron chi connectivity index (χ0n) is 21.7. The number of nitrogens with zero attached hydrogens (tertiary/aromatic N) is 3. The van der Waals surface area contributed by atoms with Gasteiger partial charge in [0.2, 0.25) is 5.91 Å². The molecule has 4 aromatic carbocycles. The quantitative estimate of drug-likeness (QED) is 0.106. The first kappa shape index (κ1) is 25.9. The molecule has 10 nitrogen and oxygen atoms in total. The van der Waals surface area contributed by atoms with Gasteiger partial charge >= 0.3 is 5.97 Å². The summed E-state index contributed by atoms with van der Waals surface area (Å²) in [7, 11) is 0. The lowest BCUT2D eigenvalue weighted by Gasteiger charge is -2.29. The molecule has 2 aliphatic rings. The maximum absolute atomic E-state index is 13.9. The number of rotatable bonds is 6. The van der Waals surface area contributed by atoms with E-state index in [1.54, 1.807) is 72.8 Å². The minimum absolute atomic E-state index is 0.163. The fourth-order valence-electron chi connectivity index (χ4n) is 5.25. The Kier molecular flexibility index (Phi) is 6.52. The van der Waals surface area contributed by atoms with E-state index >= 15 is 0 Å². The topological polar surface area (TPSA) is 119 Å². The summed E-state index contributed by atoms with van der Waals surface area (Å²) in [5.74, 6) is -2.12. The Morgan fingerprint density at radius 2 is 1.59 bits per heavy atom. The Hall–Kier alpha value is -5.35. The molecular weight excluding hydrogens is 526 g/mol. The first-order chi connectivity index (χ1) is 19.8. The number of para-hydroxylation sites is 1. The van der Waals surface area contributed by atoms with Crippen LogP contribution in [0.15, 0.2) is 103 Å². The van der Waals surface area contributed by atoms with Crippen molar-refractivity contribution in [2.75, 3.05) is 9.96 Å². The second-order valence-electron chi connectivity index (χ2n) is 9.72. The van der Waals surface area contributed by atoms with Crippen LogP contribution in [0.2, 0.25) is 0 Å². The van der Waals surface area contributed by atoms with E-state index in [4.69, 9.17) is 9.57 Å². The molecule has 2 fully saturated rings. The van der Waals surface area contributed by atoms with Gasteiger partial charge in [-0.1, -0.05) is 54.6 Å². The molecule has 10 heteroatoms. The number of fused-ring (bicyclic) bond motifs is 1. The number of hydrogen-bond acceptors (Lipinski definition) is 8. The number of hydroxylamine groups is 1. The number of aryl methyl sites for hydroxylation is 1. The molecule has 204 valence electrons. The number of carbonyl (C=O) groups excluding carboxylic acids is 3. The second kappa shape index (κ2) is 10.3. The van der Waals surface area contributed by atoms with Gasteiger partial charge in [-0.25, -0.2) is 14.8 Å². The van der Waals surface area contributed by atoms with Crippen LogP contribution in [0.3, 0.4) is 0 Å². The number of imide groups is 1. The maximum Gasteiger partial charge on any atom is 0.343 e. The number of nitro benzene ring substituents is 1. The van der Waals surface area contributed by atoms with Crippen LogP contribution in [-0.2, 0) is 14.4 Å². The molecule has 2 heterocycles. The molecule has 2 saturated heterocycles. The van der Waals surface area contributed by atoms with Crippen LogP contribution in [0.1, 0.15) is 27.5 Å². The van der Waals surface area contributed by atoms with E-state index in [1.807, 2.05) is 19.1 Å². The average Bonchev–Trinajstić information content (AvgIpc) is 3.50. The van der Waals surface area contributed by atoms with Crippen molar-refractivity contribution < 1.29 is 28.9 Å². The first-order valence-corrected chi connectivity index (χ1v) is 12.8. The normalized spacial score (nSPS) is 19.8. The summed E-state index contributed by atoms with van der Waals surface area (Å²) >= 11 is 0. The first-order valence-electron chi connectivity index (χ1n) is 12.8. The van der Waals surface area contributed by atoms with Gasteiger partial charge in [0, 0.05) is 12.1 Å². The Labute approximate surface area is 234 Å². The number of benzene rings is 4. The van der Waals surface area contributed by atoms with Gasteiger partial charge in [0.15, 0.2) is 6.10 Å². The van der Waals surface area contributed by atoms with Crippen molar-refractivity contribution in [2.45, 2.75) is 19.1 Å². The van der Waals surface area contributed by atoms with Crippen molar-refractivity contribution in [1.82, 2.24) is 0 Å². The zero-order valence-corrected chi connectivity index (χ0v) is 21.7. The van der Waals surface area contributed by atoms with Crippen LogP contribution in [0, 0.1) is 23.0 Å². The number of anilines is 2.